The number of oxime groups is 1. The molecule has 5 rings (SSSR count). The molecule has 250 valence electrons. The molecule has 0 spiro atoms. The Bertz CT molecular complexity index is 1460. The van der Waals surface area contributed by atoms with E-state index >= 15 is 0 Å². The van der Waals surface area contributed by atoms with Crippen molar-refractivity contribution in [1.82, 2.24) is 0 Å². The van der Waals surface area contributed by atoms with E-state index in [1.165, 1.54) is 0 Å². The number of Topliss-reactive ketones (excluding diaryl/α,β-unsaturated/α-hetero) is 1. The zero-order valence-electron chi connectivity index (χ0n) is 27.3. The van der Waals surface area contributed by atoms with Gasteiger partial charge < -0.3 is 19.4 Å². The van der Waals surface area contributed by atoms with E-state index in [-0.39, 0.29) is 48.3 Å². The minimum absolute atomic E-state index is 0.0959. The van der Waals surface area contributed by atoms with Crippen molar-refractivity contribution in [3.8, 4) is 0 Å². The number of halogens is 2. The van der Waals surface area contributed by atoms with E-state index in [2.05, 4.69) is 46.2 Å². The lowest BCUT2D eigenvalue weighted by atomic mass is 9.46. The average molecular weight is 719 g/mol. The Kier molecular flexibility index (Phi) is 10.3. The number of aliphatic hydroxyl groups excluding tert-OH is 1. The van der Waals surface area contributed by atoms with Gasteiger partial charge in [0.05, 0.1) is 6.10 Å². The third-order valence-electron chi connectivity index (χ3n) is 11.2. The third kappa shape index (κ3) is 6.00. The van der Waals surface area contributed by atoms with Crippen molar-refractivity contribution in [2.75, 3.05) is 13.2 Å². The van der Waals surface area contributed by atoms with Gasteiger partial charge in [0, 0.05) is 51.8 Å². The maximum Gasteiger partial charge on any atom is 0.306 e. The van der Waals surface area contributed by atoms with Crippen LogP contribution < -0.4 is 0 Å². The van der Waals surface area contributed by atoms with Crippen molar-refractivity contribution in [1.29, 1.82) is 0 Å². The molecule has 0 amide bonds. The Morgan fingerprint density at radius 1 is 1.15 bits per heavy atom. The Morgan fingerprint density at radius 2 is 1.89 bits per heavy atom. The van der Waals surface area contributed by atoms with Crippen LogP contribution in [-0.4, -0.2) is 58.8 Å². The van der Waals surface area contributed by atoms with Crippen LogP contribution in [0.25, 0.3) is 0 Å². The molecule has 10 heteroatoms. The molecule has 0 radical (unpaired) electrons. The van der Waals surface area contributed by atoms with Crippen LogP contribution in [-0.2, 0) is 35.1 Å². The van der Waals surface area contributed by atoms with Gasteiger partial charge in [0.2, 0.25) is 5.78 Å². The van der Waals surface area contributed by atoms with Gasteiger partial charge in [-0.25, -0.2) is 0 Å². The van der Waals surface area contributed by atoms with E-state index in [0.29, 0.717) is 25.2 Å². The molecule has 8 nitrogen and oxygen atoms in total. The Labute approximate surface area is 285 Å². The summed E-state index contributed by atoms with van der Waals surface area (Å²) in [5, 5.41) is 16.1. The van der Waals surface area contributed by atoms with Gasteiger partial charge in [-0.2, -0.15) is 0 Å². The lowest BCUT2D eigenvalue weighted by Crippen LogP contribution is -2.65. The number of ketones is 1. The molecule has 1 N–H and O–H groups in total. The zero-order chi connectivity index (χ0) is 33.4. The van der Waals surface area contributed by atoms with Crippen LogP contribution in [0, 0.1) is 34.5 Å². The Morgan fingerprint density at radius 3 is 2.59 bits per heavy atom. The largest absolute Gasteiger partial charge is 0.457 e. The van der Waals surface area contributed by atoms with E-state index in [4.69, 9.17) is 25.9 Å². The highest BCUT2D eigenvalue weighted by atomic mass is 79.9. The Balaban J connectivity index is 1.41. The van der Waals surface area contributed by atoms with Crippen LogP contribution >= 0.6 is 27.5 Å². The molecule has 1 aromatic carbocycles. The minimum atomic E-state index is -1.55. The number of nitrogens with zero attached hydrogens (tertiary/aromatic N) is 1. The fraction of sp³-hybridized carbons (Fsp3) is 0.611. The second-order valence-corrected chi connectivity index (χ2v) is 15.2. The number of hydrogen-bond donors (Lipinski definition) is 1. The van der Waals surface area contributed by atoms with Crippen LogP contribution in [0.4, 0.5) is 0 Å². The molecule has 3 fully saturated rings. The van der Waals surface area contributed by atoms with Crippen molar-refractivity contribution in [2.24, 2.45) is 39.7 Å². The number of benzene rings is 1. The number of aliphatic hydroxyl groups is 1. The fourth-order valence-electron chi connectivity index (χ4n) is 9.08. The molecule has 0 aromatic heterocycles. The molecule has 0 unspecified atom stereocenters. The molecule has 46 heavy (non-hydrogen) atoms. The molecule has 0 heterocycles. The van der Waals surface area contributed by atoms with E-state index in [1.54, 1.807) is 13.8 Å². The van der Waals surface area contributed by atoms with Gasteiger partial charge in [0.25, 0.3) is 0 Å². The summed E-state index contributed by atoms with van der Waals surface area (Å²) in [6.07, 6.45) is 7.63. The highest BCUT2D eigenvalue weighted by molar-refractivity contribution is 9.10. The van der Waals surface area contributed by atoms with Gasteiger partial charge >= 0.3 is 11.9 Å². The fourth-order valence-corrected chi connectivity index (χ4v) is 10.0. The van der Waals surface area contributed by atoms with Crippen LogP contribution in [0.5, 0.6) is 0 Å². The minimum Gasteiger partial charge on any atom is -0.457 e. The number of ether oxygens (including phenoxy) is 2. The van der Waals surface area contributed by atoms with Gasteiger partial charge in [0.15, 0.2) is 12.2 Å². The predicted molar refractivity (Wildman–Crippen MR) is 179 cm³/mol. The zero-order valence-corrected chi connectivity index (χ0v) is 29.6. The smallest absolute Gasteiger partial charge is 0.306 e. The highest BCUT2D eigenvalue weighted by Crippen LogP contribution is 2.69. The van der Waals surface area contributed by atoms with Gasteiger partial charge in [-0.1, -0.05) is 79.5 Å². The summed E-state index contributed by atoms with van der Waals surface area (Å²) < 4.78 is 12.5. The number of esters is 2. The van der Waals surface area contributed by atoms with Gasteiger partial charge in [-0.15, -0.1) is 11.6 Å². The van der Waals surface area contributed by atoms with Crippen molar-refractivity contribution < 1.29 is 33.8 Å². The first-order valence-corrected chi connectivity index (χ1v) is 17.6. The molecule has 4 aliphatic rings. The maximum atomic E-state index is 14.1. The van der Waals surface area contributed by atoms with Crippen LogP contribution in [0.3, 0.4) is 0 Å². The van der Waals surface area contributed by atoms with Crippen molar-refractivity contribution in [3.63, 3.8) is 0 Å². The number of carbonyl (C=O) groups excluding carboxylic acids is 3. The first-order valence-electron chi connectivity index (χ1n) is 16.4. The second-order valence-electron chi connectivity index (χ2n) is 13.8. The number of allylic oxidation sites excluding steroid dienone is 4. The van der Waals surface area contributed by atoms with Crippen LogP contribution in [0.2, 0.25) is 0 Å². The number of alkyl halides is 1. The first kappa shape index (κ1) is 34.8. The van der Waals surface area contributed by atoms with Gasteiger partial charge in [0.1, 0.15) is 12.3 Å². The average Bonchev–Trinajstić information content (AvgIpc) is 3.23. The standard InChI is InChI=1S/C36H45BrClNO7/c1-6-30(42)44-20-29(41)36(46-31(43)7-2)21(3)15-26-32-27(38)18-23-17-25(39-45-14-12-22-9-8-10-24(37)16-22)11-13-34(23,4)33(32)28(40)19-35(26,36)5/h8-11,13,16-17,21,26-28,32-33,40H,6-7,12,14-15,18-20H2,1-5H3/b39-25+/t21-,26+,27-,28+,32-,33+,34+,35+,36+/m1/s1. The van der Waals surface area contributed by atoms with Crippen LogP contribution in [0.1, 0.15) is 72.3 Å². The summed E-state index contributed by atoms with van der Waals surface area (Å²) in [6.45, 7) is 9.32. The normalized spacial score (nSPS) is 37.0. The second kappa shape index (κ2) is 13.6. The van der Waals surface area contributed by atoms with E-state index in [0.717, 1.165) is 22.0 Å². The molecule has 4 aliphatic carbocycles. The lowest BCUT2D eigenvalue weighted by molar-refractivity contribution is -0.205. The molecule has 9 atom stereocenters. The SMILES string of the molecule is CCC(=O)OCC(=O)[C@@]1(OC(=O)CC)[C@H](C)C[C@H]2[C@H]3[C@H]([C@@H](O)C[C@@]21C)[C@@]1(C)C=C/C(=N\OCCc2cccc(Br)c2)C=C1C[C@H]3Cl. The molecule has 0 bridgehead atoms. The lowest BCUT2D eigenvalue weighted by Gasteiger charge is -2.61. The van der Waals surface area contributed by atoms with E-state index < -0.39 is 46.9 Å². The number of fused-ring (bicyclic) bond motifs is 5. The predicted octanol–water partition coefficient (Wildman–Crippen LogP) is 6.75. The monoisotopic (exact) mass is 717 g/mol. The summed E-state index contributed by atoms with van der Waals surface area (Å²) in [7, 11) is 0. The summed E-state index contributed by atoms with van der Waals surface area (Å²) in [4.78, 5) is 44.7. The summed E-state index contributed by atoms with van der Waals surface area (Å²) in [5.41, 5.74) is -0.00261. The number of hydrogen-bond acceptors (Lipinski definition) is 8. The molecular formula is C36H45BrClNO7. The van der Waals surface area contributed by atoms with Crippen LogP contribution in [0.15, 0.2) is 57.7 Å². The van der Waals surface area contributed by atoms with E-state index in [9.17, 15) is 19.5 Å². The number of carbonyl (C=O) groups is 3. The molecule has 1 aromatic rings. The Hall–Kier alpha value is -2.49. The third-order valence-corrected chi connectivity index (χ3v) is 12.1. The molecular weight excluding hydrogens is 674 g/mol. The van der Waals surface area contributed by atoms with E-state index in [1.807, 2.05) is 38.1 Å². The summed E-state index contributed by atoms with van der Waals surface area (Å²) in [5.74, 6) is -2.28. The molecule has 0 saturated heterocycles. The topological polar surface area (TPSA) is 111 Å². The van der Waals surface area contributed by atoms with Gasteiger partial charge in [-0.3, -0.25) is 14.4 Å². The van der Waals surface area contributed by atoms with Crippen molar-refractivity contribution in [3.05, 3.63) is 58.1 Å². The highest BCUT2D eigenvalue weighted by Gasteiger charge is 2.73. The quantitative estimate of drug-likeness (QED) is 0.123. The maximum absolute atomic E-state index is 14.1. The number of rotatable bonds is 10. The van der Waals surface area contributed by atoms with Crippen molar-refractivity contribution in [2.45, 2.75) is 90.2 Å². The summed E-state index contributed by atoms with van der Waals surface area (Å²) in [6, 6.07) is 8.09. The molecule has 0 aliphatic heterocycles. The first-order chi connectivity index (χ1) is 21.8. The van der Waals surface area contributed by atoms with Crippen molar-refractivity contribution >= 4 is 51.0 Å². The molecule has 3 saturated carbocycles. The summed E-state index contributed by atoms with van der Waals surface area (Å²) >= 11 is 10.8. The van der Waals surface area contributed by atoms with Gasteiger partial charge in [-0.05, 0) is 60.9 Å².